The van der Waals surface area contributed by atoms with Gasteiger partial charge in [-0.3, -0.25) is 4.79 Å². The molecule has 3 aromatic rings. The van der Waals surface area contributed by atoms with Gasteiger partial charge in [-0.05, 0) is 30.3 Å². The number of nitrogens with zero attached hydrogens (tertiary/aromatic N) is 2. The normalized spacial score (nSPS) is 12.5. The van der Waals surface area contributed by atoms with Crippen molar-refractivity contribution in [3.63, 3.8) is 0 Å². The first-order valence-corrected chi connectivity index (χ1v) is 8.38. The molecule has 1 amide bonds. The third-order valence-corrected chi connectivity index (χ3v) is 5.04. The molecule has 2 aromatic heterocycles. The minimum Gasteiger partial charge on any atom is -0.374 e. The highest BCUT2D eigenvalue weighted by molar-refractivity contribution is 7.16. The molecular formula is C14H12ClN3O2S2. The van der Waals surface area contributed by atoms with Gasteiger partial charge in [0.2, 0.25) is 0 Å². The van der Waals surface area contributed by atoms with E-state index in [1.54, 1.807) is 25.3 Å². The zero-order valence-electron chi connectivity index (χ0n) is 11.6. The number of ether oxygens (including phenoxy) is 1. The maximum Gasteiger partial charge on any atom is 0.251 e. The van der Waals surface area contributed by atoms with Gasteiger partial charge in [0, 0.05) is 24.1 Å². The predicted octanol–water partition coefficient (Wildman–Crippen LogP) is 3.52. The Balaban J connectivity index is 1.68. The van der Waals surface area contributed by atoms with Crippen molar-refractivity contribution in [1.29, 1.82) is 0 Å². The Labute approximate surface area is 140 Å². The van der Waals surface area contributed by atoms with Crippen molar-refractivity contribution in [3.8, 4) is 0 Å². The maximum atomic E-state index is 12.2. The van der Waals surface area contributed by atoms with Crippen molar-refractivity contribution in [2.45, 2.75) is 6.10 Å². The molecule has 8 heteroatoms. The van der Waals surface area contributed by atoms with E-state index in [-0.39, 0.29) is 12.0 Å². The Morgan fingerprint density at radius 1 is 1.32 bits per heavy atom. The molecule has 1 unspecified atom stereocenters. The van der Waals surface area contributed by atoms with Crippen molar-refractivity contribution in [2.24, 2.45) is 0 Å². The number of fused-ring (bicyclic) bond motifs is 1. The highest BCUT2D eigenvalue weighted by Crippen LogP contribution is 2.28. The molecule has 0 fully saturated rings. The summed E-state index contributed by atoms with van der Waals surface area (Å²) in [6.07, 6.45) is -0.217. The first kappa shape index (κ1) is 15.4. The van der Waals surface area contributed by atoms with Gasteiger partial charge >= 0.3 is 0 Å². The van der Waals surface area contributed by atoms with Crippen LogP contribution in [-0.2, 0) is 4.74 Å². The van der Waals surface area contributed by atoms with Gasteiger partial charge in [-0.15, -0.1) is 11.3 Å². The van der Waals surface area contributed by atoms with Crippen LogP contribution in [0.25, 0.3) is 11.0 Å². The van der Waals surface area contributed by atoms with Gasteiger partial charge in [0.25, 0.3) is 5.91 Å². The molecule has 0 spiro atoms. The van der Waals surface area contributed by atoms with Crippen LogP contribution in [0.2, 0.25) is 4.34 Å². The molecule has 1 atom stereocenters. The van der Waals surface area contributed by atoms with Gasteiger partial charge in [-0.2, -0.15) is 8.75 Å². The smallest absolute Gasteiger partial charge is 0.251 e. The molecule has 2 heterocycles. The SMILES string of the molecule is COC(CNC(=O)c1ccc2nsnc2c1)c1ccc(Cl)s1. The molecule has 0 saturated heterocycles. The highest BCUT2D eigenvalue weighted by Gasteiger charge is 2.15. The van der Waals surface area contributed by atoms with E-state index in [0.29, 0.717) is 16.4 Å². The lowest BCUT2D eigenvalue weighted by molar-refractivity contribution is 0.0838. The summed E-state index contributed by atoms with van der Waals surface area (Å²) in [5.74, 6) is -0.167. The summed E-state index contributed by atoms with van der Waals surface area (Å²) >= 11 is 8.50. The van der Waals surface area contributed by atoms with E-state index in [1.807, 2.05) is 12.1 Å². The van der Waals surface area contributed by atoms with Crippen LogP contribution in [0.15, 0.2) is 30.3 Å². The van der Waals surface area contributed by atoms with Crippen LogP contribution in [-0.4, -0.2) is 28.3 Å². The van der Waals surface area contributed by atoms with Gasteiger partial charge < -0.3 is 10.1 Å². The van der Waals surface area contributed by atoms with Crippen LogP contribution in [0, 0.1) is 0 Å². The lowest BCUT2D eigenvalue weighted by Gasteiger charge is -2.14. The van der Waals surface area contributed by atoms with Crippen molar-refractivity contribution < 1.29 is 9.53 Å². The lowest BCUT2D eigenvalue weighted by Crippen LogP contribution is -2.28. The molecule has 1 aromatic carbocycles. The summed E-state index contributed by atoms with van der Waals surface area (Å²) in [7, 11) is 1.61. The number of methoxy groups -OCH3 is 1. The molecule has 0 bridgehead atoms. The first-order valence-electron chi connectivity index (χ1n) is 6.46. The van der Waals surface area contributed by atoms with Crippen LogP contribution in [0.1, 0.15) is 21.3 Å². The predicted molar refractivity (Wildman–Crippen MR) is 88.8 cm³/mol. The fraction of sp³-hybridized carbons (Fsp3) is 0.214. The second-order valence-electron chi connectivity index (χ2n) is 4.54. The second kappa shape index (κ2) is 6.70. The van der Waals surface area contributed by atoms with Gasteiger partial charge in [0.05, 0.1) is 16.1 Å². The summed E-state index contributed by atoms with van der Waals surface area (Å²) < 4.78 is 14.4. The zero-order chi connectivity index (χ0) is 15.5. The number of amides is 1. The summed E-state index contributed by atoms with van der Waals surface area (Å²) in [5.41, 5.74) is 2.08. The number of nitrogens with one attached hydrogen (secondary N) is 1. The maximum absolute atomic E-state index is 12.2. The Morgan fingerprint density at radius 2 is 2.14 bits per heavy atom. The van der Waals surface area contributed by atoms with Crippen LogP contribution in [0.5, 0.6) is 0 Å². The fourth-order valence-corrected chi connectivity index (χ4v) is 3.67. The largest absolute Gasteiger partial charge is 0.374 e. The Kier molecular flexibility index (Phi) is 4.68. The van der Waals surface area contributed by atoms with E-state index < -0.39 is 0 Å². The topological polar surface area (TPSA) is 64.1 Å². The minimum atomic E-state index is -0.217. The molecule has 114 valence electrons. The van der Waals surface area contributed by atoms with Crippen molar-refractivity contribution in [2.75, 3.05) is 13.7 Å². The number of thiophene rings is 1. The van der Waals surface area contributed by atoms with Crippen LogP contribution < -0.4 is 5.32 Å². The number of halogens is 1. The average molecular weight is 354 g/mol. The highest BCUT2D eigenvalue weighted by atomic mass is 35.5. The van der Waals surface area contributed by atoms with Gasteiger partial charge in [0.15, 0.2) is 0 Å². The summed E-state index contributed by atoms with van der Waals surface area (Å²) in [6.45, 7) is 0.375. The van der Waals surface area contributed by atoms with Crippen molar-refractivity contribution >= 4 is 51.6 Å². The number of hydrogen-bond acceptors (Lipinski definition) is 6. The van der Waals surface area contributed by atoms with E-state index >= 15 is 0 Å². The van der Waals surface area contributed by atoms with Crippen molar-refractivity contribution in [1.82, 2.24) is 14.1 Å². The summed E-state index contributed by atoms with van der Waals surface area (Å²) in [6, 6.07) is 8.99. The molecule has 22 heavy (non-hydrogen) atoms. The Morgan fingerprint density at radius 3 is 2.86 bits per heavy atom. The fourth-order valence-electron chi connectivity index (χ4n) is 2.01. The molecule has 1 N–H and O–H groups in total. The quantitative estimate of drug-likeness (QED) is 0.762. The Bertz CT molecular complexity index is 802. The lowest BCUT2D eigenvalue weighted by atomic mass is 10.2. The molecule has 0 saturated carbocycles. The van der Waals surface area contributed by atoms with Gasteiger partial charge in [-0.25, -0.2) is 0 Å². The van der Waals surface area contributed by atoms with Gasteiger partial charge in [-0.1, -0.05) is 11.6 Å². The number of aromatic nitrogens is 2. The molecule has 0 radical (unpaired) electrons. The number of carbonyl (C=O) groups is 1. The molecule has 0 aliphatic heterocycles. The van der Waals surface area contributed by atoms with E-state index in [0.717, 1.165) is 27.6 Å². The third kappa shape index (κ3) is 3.27. The third-order valence-electron chi connectivity index (χ3n) is 3.16. The molecule has 0 aliphatic rings. The number of benzene rings is 1. The van der Waals surface area contributed by atoms with Crippen LogP contribution in [0.3, 0.4) is 0 Å². The van der Waals surface area contributed by atoms with Crippen molar-refractivity contribution in [3.05, 3.63) is 45.1 Å². The average Bonchev–Trinajstić information content (AvgIpc) is 3.15. The van der Waals surface area contributed by atoms with E-state index in [1.165, 1.54) is 11.3 Å². The van der Waals surface area contributed by atoms with Crippen LogP contribution in [0.4, 0.5) is 0 Å². The standard InChI is InChI=1S/C14H12ClN3O2S2/c1-20-11(12-4-5-13(15)21-12)7-16-14(19)8-2-3-9-10(6-8)18-22-17-9/h2-6,11H,7H2,1H3,(H,16,19). The number of rotatable bonds is 5. The zero-order valence-corrected chi connectivity index (χ0v) is 14.0. The van der Waals surface area contributed by atoms with E-state index in [9.17, 15) is 4.79 Å². The molecule has 5 nitrogen and oxygen atoms in total. The number of carbonyl (C=O) groups excluding carboxylic acids is 1. The second-order valence-corrected chi connectivity index (χ2v) is 6.82. The summed E-state index contributed by atoms with van der Waals surface area (Å²) in [5, 5.41) is 2.87. The molecule has 0 aliphatic carbocycles. The van der Waals surface area contributed by atoms with Gasteiger partial charge in [0.1, 0.15) is 17.1 Å². The summed E-state index contributed by atoms with van der Waals surface area (Å²) in [4.78, 5) is 13.2. The van der Waals surface area contributed by atoms with Crippen LogP contribution >= 0.6 is 34.7 Å². The van der Waals surface area contributed by atoms with E-state index in [4.69, 9.17) is 16.3 Å². The molecular weight excluding hydrogens is 342 g/mol. The molecule has 3 rings (SSSR count). The number of hydrogen-bond donors (Lipinski definition) is 1. The monoisotopic (exact) mass is 353 g/mol. The first-order chi connectivity index (χ1) is 10.7. The minimum absolute atomic E-state index is 0.167. The Hall–Kier alpha value is -1.54. The van der Waals surface area contributed by atoms with E-state index in [2.05, 4.69) is 14.1 Å².